The molecule has 1 N–H and O–H groups in total. The number of hydrogen-bond acceptors (Lipinski definition) is 6. The highest BCUT2D eigenvalue weighted by atomic mass is 127. The molecule has 1 aliphatic carbocycles. The molecule has 194 valence electrons. The van der Waals surface area contributed by atoms with Crippen molar-refractivity contribution in [2.24, 2.45) is 16.3 Å². The summed E-state index contributed by atoms with van der Waals surface area (Å²) in [7, 11) is 1.59. The fourth-order valence-electron chi connectivity index (χ4n) is 4.51. The lowest BCUT2D eigenvalue weighted by atomic mass is 9.72. The van der Waals surface area contributed by atoms with Crippen molar-refractivity contribution in [2.45, 2.75) is 46.6 Å². The Kier molecular flexibility index (Phi) is 8.65. The lowest BCUT2D eigenvalue weighted by Crippen LogP contribution is -2.28. The number of benzene rings is 1. The zero-order valence-corrected chi connectivity index (χ0v) is 24.5. The summed E-state index contributed by atoms with van der Waals surface area (Å²) in [6.07, 6.45) is 11.6. The van der Waals surface area contributed by atoms with Crippen molar-refractivity contribution in [1.29, 1.82) is 0 Å². The van der Waals surface area contributed by atoms with Crippen LogP contribution in [0.25, 0.3) is 0 Å². The molecule has 0 radical (unpaired) electrons. The van der Waals surface area contributed by atoms with Gasteiger partial charge in [0.05, 0.1) is 29.1 Å². The second kappa shape index (κ2) is 11.7. The molecule has 0 fully saturated rings. The fraction of sp³-hybridized carbons (Fsp3) is 0.379. The Morgan fingerprint density at radius 2 is 2.22 bits per heavy atom. The van der Waals surface area contributed by atoms with E-state index in [2.05, 4.69) is 54.6 Å². The van der Waals surface area contributed by atoms with Crippen molar-refractivity contribution in [3.63, 3.8) is 0 Å². The first-order valence-corrected chi connectivity index (χ1v) is 14.0. The third kappa shape index (κ3) is 6.39. The topological polar surface area (TPSA) is 73.1 Å². The molecule has 37 heavy (non-hydrogen) atoms. The van der Waals surface area contributed by atoms with E-state index >= 15 is 0 Å². The molecule has 6 nitrogen and oxygen atoms in total. The quantitative estimate of drug-likeness (QED) is 0.169. The van der Waals surface area contributed by atoms with Gasteiger partial charge in [0, 0.05) is 11.1 Å². The van der Waals surface area contributed by atoms with Gasteiger partial charge >= 0.3 is 0 Å². The number of furan rings is 1. The van der Waals surface area contributed by atoms with Gasteiger partial charge in [0.25, 0.3) is 5.91 Å². The smallest absolute Gasteiger partial charge is 0.255 e. The van der Waals surface area contributed by atoms with Gasteiger partial charge in [-0.05, 0) is 88.6 Å². The van der Waals surface area contributed by atoms with Crippen LogP contribution in [0.15, 0.2) is 39.9 Å². The van der Waals surface area contributed by atoms with Gasteiger partial charge < -0.3 is 19.2 Å². The van der Waals surface area contributed by atoms with Gasteiger partial charge in [-0.25, -0.2) is 4.99 Å². The lowest BCUT2D eigenvalue weighted by molar-refractivity contribution is 0.0947. The van der Waals surface area contributed by atoms with E-state index in [0.717, 1.165) is 39.0 Å². The Morgan fingerprint density at radius 3 is 2.89 bits per heavy atom. The molecule has 0 saturated carbocycles. The van der Waals surface area contributed by atoms with Gasteiger partial charge in [-0.15, -0.1) is 17.8 Å². The number of thiophene rings is 1. The van der Waals surface area contributed by atoms with E-state index in [1.165, 1.54) is 4.88 Å². The average Bonchev–Trinajstić information content (AvgIpc) is 3.51. The van der Waals surface area contributed by atoms with Crippen LogP contribution >= 0.6 is 33.9 Å². The van der Waals surface area contributed by atoms with Crippen LogP contribution in [-0.2, 0) is 19.4 Å². The minimum atomic E-state index is -0.125. The maximum Gasteiger partial charge on any atom is 0.255 e. The summed E-state index contributed by atoms with van der Waals surface area (Å²) >= 11 is 3.81. The van der Waals surface area contributed by atoms with Gasteiger partial charge in [-0.3, -0.25) is 4.79 Å². The van der Waals surface area contributed by atoms with Crippen LogP contribution in [0, 0.1) is 27.2 Å². The predicted molar refractivity (Wildman–Crippen MR) is 156 cm³/mol. The molecule has 0 unspecified atom stereocenters. The molecule has 0 spiro atoms. The van der Waals surface area contributed by atoms with Gasteiger partial charge in [-0.1, -0.05) is 26.7 Å². The number of aliphatic imine (C=N–C) groups is 1. The maximum atomic E-state index is 13.4. The number of methoxy groups -OCH3 is 1. The third-order valence-corrected chi connectivity index (χ3v) is 8.55. The van der Waals surface area contributed by atoms with Gasteiger partial charge in [0.15, 0.2) is 11.5 Å². The van der Waals surface area contributed by atoms with Gasteiger partial charge in [0.2, 0.25) is 0 Å². The Balaban J connectivity index is 1.67. The number of nitrogens with zero attached hydrogens (tertiary/aromatic N) is 1. The van der Waals surface area contributed by atoms with Gasteiger partial charge in [0.1, 0.15) is 17.4 Å². The monoisotopic (exact) mass is 630 g/mol. The standard InChI is InChI=1S/C29H31IN2O4S/c1-6-11-36-26-22(30)13-18(14-23(26)34-5)16-32-28-25(27(33)31-17-20-8-7-12-35-20)21-10-9-19(29(2,3)4)15-24(21)37-28/h1,7-8,12-14,16,19H,9-11,15,17H2,2-5H3,(H,31,33)/t19-/m0/s1. The summed E-state index contributed by atoms with van der Waals surface area (Å²) in [6.45, 7) is 7.36. The maximum absolute atomic E-state index is 13.4. The van der Waals surface area contributed by atoms with Crippen LogP contribution in [0.5, 0.6) is 11.5 Å². The van der Waals surface area contributed by atoms with Crippen molar-refractivity contribution in [2.75, 3.05) is 13.7 Å². The first-order chi connectivity index (χ1) is 17.7. The number of carbonyl (C=O) groups excluding carboxylic acids is 1. The Morgan fingerprint density at radius 1 is 1.41 bits per heavy atom. The Hall–Kier alpha value is -2.77. The SMILES string of the molecule is C#CCOc1c(I)cc(C=Nc2sc3c(c2C(=O)NCc2ccco2)CC[C@H](C(C)(C)C)C3)cc1OC. The van der Waals surface area contributed by atoms with E-state index < -0.39 is 0 Å². The van der Waals surface area contributed by atoms with Crippen LogP contribution in [0.2, 0.25) is 0 Å². The van der Waals surface area contributed by atoms with Crippen LogP contribution < -0.4 is 14.8 Å². The first kappa shape index (κ1) is 27.3. The van der Waals surface area contributed by atoms with Crippen molar-refractivity contribution in [1.82, 2.24) is 5.32 Å². The minimum absolute atomic E-state index is 0.125. The molecular formula is C29H31IN2O4S. The highest BCUT2D eigenvalue weighted by Crippen LogP contribution is 2.45. The molecule has 1 atom stereocenters. The lowest BCUT2D eigenvalue weighted by Gasteiger charge is -2.33. The molecule has 2 aromatic heterocycles. The zero-order valence-electron chi connectivity index (χ0n) is 21.5. The fourth-order valence-corrected chi connectivity index (χ4v) is 6.56. The summed E-state index contributed by atoms with van der Waals surface area (Å²) in [6, 6.07) is 7.48. The predicted octanol–water partition coefficient (Wildman–Crippen LogP) is 6.80. The van der Waals surface area contributed by atoms with E-state index in [-0.39, 0.29) is 17.9 Å². The highest BCUT2D eigenvalue weighted by Gasteiger charge is 2.33. The molecule has 3 aromatic rings. The number of ether oxygens (including phenoxy) is 2. The number of fused-ring (bicyclic) bond motifs is 1. The molecule has 1 aliphatic rings. The summed E-state index contributed by atoms with van der Waals surface area (Å²) < 4.78 is 17.4. The van der Waals surface area contributed by atoms with Crippen LogP contribution in [0.1, 0.15) is 59.3 Å². The van der Waals surface area contributed by atoms with Crippen LogP contribution in [-0.4, -0.2) is 25.8 Å². The molecule has 8 heteroatoms. The Bertz CT molecular complexity index is 1330. The second-order valence-electron chi connectivity index (χ2n) is 10.0. The summed E-state index contributed by atoms with van der Waals surface area (Å²) in [5, 5.41) is 3.74. The van der Waals surface area contributed by atoms with Crippen molar-refractivity contribution >= 4 is 51.1 Å². The van der Waals surface area contributed by atoms with E-state index in [4.69, 9.17) is 25.3 Å². The number of hydrogen-bond donors (Lipinski definition) is 1. The third-order valence-electron chi connectivity index (χ3n) is 6.58. The van der Waals surface area contributed by atoms with Crippen LogP contribution in [0.3, 0.4) is 0 Å². The number of carbonyl (C=O) groups is 1. The van der Waals surface area contributed by atoms with E-state index in [1.807, 2.05) is 24.3 Å². The Labute approximate surface area is 236 Å². The molecular weight excluding hydrogens is 599 g/mol. The number of terminal acetylenes is 1. The number of rotatable bonds is 8. The van der Waals surface area contributed by atoms with Crippen LogP contribution in [0.4, 0.5) is 5.00 Å². The van der Waals surface area contributed by atoms with E-state index in [0.29, 0.717) is 35.3 Å². The molecule has 1 aromatic carbocycles. The molecule has 0 bridgehead atoms. The number of amides is 1. The van der Waals surface area contributed by atoms with Crippen molar-refractivity contribution < 1.29 is 18.7 Å². The number of halogens is 1. The number of nitrogens with one attached hydrogen (secondary N) is 1. The highest BCUT2D eigenvalue weighted by molar-refractivity contribution is 14.1. The zero-order chi connectivity index (χ0) is 26.6. The molecule has 1 amide bonds. The summed E-state index contributed by atoms with van der Waals surface area (Å²) in [5.74, 6) is 4.82. The first-order valence-electron chi connectivity index (χ1n) is 12.1. The molecule has 0 aliphatic heterocycles. The van der Waals surface area contributed by atoms with Crippen molar-refractivity contribution in [3.8, 4) is 23.8 Å². The molecule has 4 rings (SSSR count). The molecule has 0 saturated heterocycles. The average molecular weight is 631 g/mol. The van der Waals surface area contributed by atoms with Gasteiger partial charge in [-0.2, -0.15) is 0 Å². The largest absolute Gasteiger partial charge is 0.493 e. The summed E-state index contributed by atoms with van der Waals surface area (Å²) in [4.78, 5) is 19.5. The summed E-state index contributed by atoms with van der Waals surface area (Å²) in [5.41, 5.74) is 2.85. The molecule has 2 heterocycles. The van der Waals surface area contributed by atoms with Crippen molar-refractivity contribution in [3.05, 3.63) is 61.4 Å². The normalized spacial score (nSPS) is 15.3. The van der Waals surface area contributed by atoms with E-state index in [1.54, 1.807) is 30.9 Å². The second-order valence-corrected chi connectivity index (χ2v) is 12.3. The minimum Gasteiger partial charge on any atom is -0.493 e. The van der Waals surface area contributed by atoms with E-state index in [9.17, 15) is 4.79 Å².